The minimum Gasteiger partial charge on any atom is -0.382 e. The summed E-state index contributed by atoms with van der Waals surface area (Å²) in [5.41, 5.74) is 1.27. The number of nitrogens with one attached hydrogen (secondary N) is 1. The monoisotopic (exact) mass is 275 g/mol. The van der Waals surface area contributed by atoms with Gasteiger partial charge in [0.25, 0.3) is 0 Å². The highest BCUT2D eigenvalue weighted by Crippen LogP contribution is 2.25. The van der Waals surface area contributed by atoms with Crippen LogP contribution in [0.25, 0.3) is 5.69 Å². The van der Waals surface area contributed by atoms with Gasteiger partial charge in [0.05, 0.1) is 11.4 Å². The third-order valence-electron chi connectivity index (χ3n) is 3.87. The molecule has 0 bridgehead atoms. The summed E-state index contributed by atoms with van der Waals surface area (Å²) in [5.74, 6) is 0.414. The first-order valence-corrected chi connectivity index (χ1v) is 7.10. The van der Waals surface area contributed by atoms with Crippen LogP contribution in [0.5, 0.6) is 0 Å². The smallest absolute Gasteiger partial charge is 0.146 e. The first-order chi connectivity index (χ1) is 9.83. The minimum absolute atomic E-state index is 0.238. The Balaban J connectivity index is 1.70. The van der Waals surface area contributed by atoms with Gasteiger partial charge in [-0.2, -0.15) is 0 Å². The predicted octanol–water partition coefficient (Wildman–Crippen LogP) is 2.79. The molecule has 0 unspecified atom stereocenters. The Kier molecular flexibility index (Phi) is 3.90. The summed E-state index contributed by atoms with van der Waals surface area (Å²) in [5, 5.41) is 14.2. The van der Waals surface area contributed by atoms with Crippen molar-refractivity contribution in [2.24, 2.45) is 5.92 Å². The van der Waals surface area contributed by atoms with Crippen LogP contribution in [-0.4, -0.2) is 26.8 Å². The van der Waals surface area contributed by atoms with Crippen LogP contribution in [0, 0.1) is 11.7 Å². The SMILES string of the molecule is Fc1ccc(-n2cnnn2)cc1NCC1CCCCC1. The Labute approximate surface area is 117 Å². The first-order valence-electron chi connectivity index (χ1n) is 7.10. The van der Waals surface area contributed by atoms with Crippen molar-refractivity contribution in [3.63, 3.8) is 0 Å². The molecule has 1 aromatic carbocycles. The summed E-state index contributed by atoms with van der Waals surface area (Å²) < 4.78 is 15.4. The van der Waals surface area contributed by atoms with Crippen LogP contribution in [0.15, 0.2) is 24.5 Å². The second kappa shape index (κ2) is 5.98. The van der Waals surface area contributed by atoms with Crippen LogP contribution in [0.1, 0.15) is 32.1 Å². The summed E-state index contributed by atoms with van der Waals surface area (Å²) in [6.07, 6.45) is 7.89. The third-order valence-corrected chi connectivity index (χ3v) is 3.87. The van der Waals surface area contributed by atoms with Crippen molar-refractivity contribution in [1.29, 1.82) is 0 Å². The van der Waals surface area contributed by atoms with Gasteiger partial charge in [-0.25, -0.2) is 9.07 Å². The number of rotatable bonds is 4. The number of nitrogens with zero attached hydrogens (tertiary/aromatic N) is 4. The molecular formula is C14H18FN5. The lowest BCUT2D eigenvalue weighted by molar-refractivity contribution is 0.373. The van der Waals surface area contributed by atoms with E-state index in [9.17, 15) is 4.39 Å². The summed E-state index contributed by atoms with van der Waals surface area (Å²) in [6.45, 7) is 0.829. The molecule has 1 fully saturated rings. The van der Waals surface area contributed by atoms with E-state index in [-0.39, 0.29) is 5.82 Å². The zero-order chi connectivity index (χ0) is 13.8. The van der Waals surface area contributed by atoms with Gasteiger partial charge in [-0.3, -0.25) is 0 Å². The normalized spacial score (nSPS) is 16.2. The Morgan fingerprint density at radius 3 is 2.85 bits per heavy atom. The average molecular weight is 275 g/mol. The molecule has 20 heavy (non-hydrogen) atoms. The molecule has 0 amide bonds. The maximum Gasteiger partial charge on any atom is 0.146 e. The Morgan fingerprint density at radius 1 is 1.25 bits per heavy atom. The van der Waals surface area contributed by atoms with E-state index in [4.69, 9.17) is 0 Å². The molecule has 0 aliphatic heterocycles. The lowest BCUT2D eigenvalue weighted by Gasteiger charge is -2.22. The summed E-state index contributed by atoms with van der Waals surface area (Å²) in [7, 11) is 0. The summed E-state index contributed by atoms with van der Waals surface area (Å²) >= 11 is 0. The Hall–Kier alpha value is -1.98. The van der Waals surface area contributed by atoms with Gasteiger partial charge in [-0.05, 0) is 47.4 Å². The van der Waals surface area contributed by atoms with E-state index >= 15 is 0 Å². The molecule has 0 radical (unpaired) electrons. The molecule has 0 saturated heterocycles. The predicted molar refractivity (Wildman–Crippen MR) is 74.2 cm³/mol. The number of hydrogen-bond donors (Lipinski definition) is 1. The Bertz CT molecular complexity index is 549. The van der Waals surface area contributed by atoms with Crippen molar-refractivity contribution in [3.05, 3.63) is 30.3 Å². The molecule has 1 aromatic heterocycles. The van der Waals surface area contributed by atoms with E-state index < -0.39 is 0 Å². The fourth-order valence-corrected chi connectivity index (χ4v) is 2.72. The van der Waals surface area contributed by atoms with Gasteiger partial charge in [-0.15, -0.1) is 5.10 Å². The number of anilines is 1. The number of hydrogen-bond acceptors (Lipinski definition) is 4. The van der Waals surface area contributed by atoms with Gasteiger partial charge in [0, 0.05) is 6.54 Å². The van der Waals surface area contributed by atoms with Gasteiger partial charge in [-0.1, -0.05) is 19.3 Å². The maximum atomic E-state index is 13.8. The molecule has 1 N–H and O–H groups in total. The van der Waals surface area contributed by atoms with Crippen molar-refractivity contribution < 1.29 is 4.39 Å². The zero-order valence-corrected chi connectivity index (χ0v) is 11.3. The van der Waals surface area contributed by atoms with E-state index in [2.05, 4.69) is 20.8 Å². The van der Waals surface area contributed by atoms with Crippen molar-refractivity contribution in [2.75, 3.05) is 11.9 Å². The molecule has 6 heteroatoms. The maximum absolute atomic E-state index is 13.8. The molecule has 1 saturated carbocycles. The van der Waals surface area contributed by atoms with Crippen molar-refractivity contribution in [1.82, 2.24) is 20.2 Å². The topological polar surface area (TPSA) is 55.6 Å². The number of tetrazole rings is 1. The minimum atomic E-state index is -0.238. The highest BCUT2D eigenvalue weighted by Gasteiger charge is 2.14. The second-order valence-electron chi connectivity index (χ2n) is 5.30. The molecule has 5 nitrogen and oxygen atoms in total. The molecule has 0 spiro atoms. The van der Waals surface area contributed by atoms with Crippen molar-refractivity contribution >= 4 is 5.69 Å². The lowest BCUT2D eigenvalue weighted by atomic mass is 9.89. The van der Waals surface area contributed by atoms with Crippen molar-refractivity contribution in [2.45, 2.75) is 32.1 Å². The number of aromatic nitrogens is 4. The van der Waals surface area contributed by atoms with E-state index in [1.54, 1.807) is 12.1 Å². The quantitative estimate of drug-likeness (QED) is 0.932. The van der Waals surface area contributed by atoms with Gasteiger partial charge < -0.3 is 5.32 Å². The van der Waals surface area contributed by atoms with Crippen LogP contribution < -0.4 is 5.32 Å². The van der Waals surface area contributed by atoms with Crippen molar-refractivity contribution in [3.8, 4) is 5.69 Å². The molecule has 106 valence electrons. The third kappa shape index (κ3) is 2.95. The van der Waals surface area contributed by atoms with Crippen LogP contribution in [-0.2, 0) is 0 Å². The molecule has 3 rings (SSSR count). The lowest BCUT2D eigenvalue weighted by Crippen LogP contribution is -2.17. The van der Waals surface area contributed by atoms with E-state index in [0.29, 0.717) is 11.6 Å². The molecule has 1 heterocycles. The van der Waals surface area contributed by atoms with Crippen LogP contribution in [0.2, 0.25) is 0 Å². The van der Waals surface area contributed by atoms with Gasteiger partial charge >= 0.3 is 0 Å². The van der Waals surface area contributed by atoms with Gasteiger partial charge in [0.2, 0.25) is 0 Å². The van der Waals surface area contributed by atoms with E-state index in [0.717, 1.165) is 12.2 Å². The fraction of sp³-hybridized carbons (Fsp3) is 0.500. The molecule has 1 aliphatic rings. The highest BCUT2D eigenvalue weighted by atomic mass is 19.1. The molecule has 0 atom stereocenters. The van der Waals surface area contributed by atoms with Crippen LogP contribution >= 0.6 is 0 Å². The highest BCUT2D eigenvalue weighted by molar-refractivity contribution is 5.52. The average Bonchev–Trinajstić information content (AvgIpc) is 3.02. The largest absolute Gasteiger partial charge is 0.382 e. The summed E-state index contributed by atoms with van der Waals surface area (Å²) in [6, 6.07) is 4.85. The molecule has 2 aromatic rings. The molecule has 1 aliphatic carbocycles. The molecular weight excluding hydrogens is 257 g/mol. The van der Waals surface area contributed by atoms with Gasteiger partial charge in [0.15, 0.2) is 0 Å². The fourth-order valence-electron chi connectivity index (χ4n) is 2.72. The van der Waals surface area contributed by atoms with Gasteiger partial charge in [0.1, 0.15) is 12.1 Å². The van der Waals surface area contributed by atoms with Crippen LogP contribution in [0.4, 0.5) is 10.1 Å². The van der Waals surface area contributed by atoms with E-state index in [1.807, 2.05) is 0 Å². The standard InChI is InChI=1S/C14H18FN5/c15-13-7-6-12(20-10-17-18-19-20)8-14(13)16-9-11-4-2-1-3-5-11/h6-8,10-11,16H,1-5,9H2. The number of benzene rings is 1. The van der Waals surface area contributed by atoms with Crippen LogP contribution in [0.3, 0.4) is 0 Å². The summed E-state index contributed by atoms with van der Waals surface area (Å²) in [4.78, 5) is 0. The van der Waals surface area contributed by atoms with E-state index in [1.165, 1.54) is 49.2 Å². The first kappa shape index (κ1) is 13.0. The second-order valence-corrected chi connectivity index (χ2v) is 5.30. The zero-order valence-electron chi connectivity index (χ0n) is 11.3. The number of halogens is 1. The Morgan fingerprint density at radius 2 is 2.10 bits per heavy atom.